The van der Waals surface area contributed by atoms with Crippen molar-refractivity contribution in [2.75, 3.05) is 0 Å². The summed E-state index contributed by atoms with van der Waals surface area (Å²) in [5.74, 6) is 6.49. The van der Waals surface area contributed by atoms with Gasteiger partial charge in [-0.05, 0) is 16.3 Å². The summed E-state index contributed by atoms with van der Waals surface area (Å²) in [7, 11) is 0. The monoisotopic (exact) mass is 238 g/mol. The highest BCUT2D eigenvalue weighted by Gasteiger charge is 2.16. The van der Waals surface area contributed by atoms with E-state index in [-0.39, 0.29) is 6.04 Å². The van der Waals surface area contributed by atoms with Crippen molar-refractivity contribution in [3.63, 3.8) is 0 Å². The van der Waals surface area contributed by atoms with E-state index in [0.717, 1.165) is 11.4 Å². The van der Waals surface area contributed by atoms with E-state index in [1.54, 1.807) is 12.4 Å². The Morgan fingerprint density at radius 2 is 1.94 bits per heavy atom. The Morgan fingerprint density at radius 3 is 2.72 bits per heavy atom. The molecule has 4 nitrogen and oxygen atoms in total. The summed E-state index contributed by atoms with van der Waals surface area (Å²) >= 11 is 0. The van der Waals surface area contributed by atoms with Crippen molar-refractivity contribution in [3.05, 3.63) is 66.2 Å². The zero-order valence-electron chi connectivity index (χ0n) is 9.80. The van der Waals surface area contributed by atoms with Gasteiger partial charge in [0, 0.05) is 12.4 Å². The summed E-state index contributed by atoms with van der Waals surface area (Å²) in [6, 6.07) is 14.3. The highest BCUT2D eigenvalue weighted by atomic mass is 15.2. The summed E-state index contributed by atoms with van der Waals surface area (Å²) in [6.07, 6.45) is 3.52. The van der Waals surface area contributed by atoms with Crippen molar-refractivity contribution >= 4 is 10.8 Å². The Balaban J connectivity index is 2.18. The van der Waals surface area contributed by atoms with Gasteiger partial charge in [0.15, 0.2) is 0 Å². The molecule has 4 heteroatoms. The normalized spacial score (nSPS) is 12.7. The first-order valence-electron chi connectivity index (χ1n) is 5.83. The summed E-state index contributed by atoms with van der Waals surface area (Å²) in [5, 5.41) is 2.38. The first-order valence-corrected chi connectivity index (χ1v) is 5.83. The molecule has 1 unspecified atom stereocenters. The first kappa shape index (κ1) is 11.0. The number of nitrogens with one attached hydrogen (secondary N) is 2. The van der Waals surface area contributed by atoms with Gasteiger partial charge in [0.25, 0.3) is 0 Å². The van der Waals surface area contributed by atoms with Gasteiger partial charge < -0.3 is 4.98 Å². The fourth-order valence-electron chi connectivity index (χ4n) is 2.25. The molecule has 1 heterocycles. The molecule has 0 fully saturated rings. The predicted octanol–water partition coefficient (Wildman–Crippen LogP) is 2.12. The van der Waals surface area contributed by atoms with E-state index in [9.17, 15) is 0 Å². The minimum absolute atomic E-state index is 0.133. The maximum absolute atomic E-state index is 5.68. The Morgan fingerprint density at radius 1 is 1.11 bits per heavy atom. The SMILES string of the molecule is NNC(c1ncc[nH]1)c1cccc2ccccc12. The molecule has 90 valence electrons. The molecule has 0 saturated heterocycles. The highest BCUT2D eigenvalue weighted by molar-refractivity contribution is 5.86. The smallest absolute Gasteiger partial charge is 0.129 e. The lowest BCUT2D eigenvalue weighted by Gasteiger charge is -2.16. The Labute approximate surface area is 105 Å². The lowest BCUT2D eigenvalue weighted by Crippen LogP contribution is -2.29. The highest BCUT2D eigenvalue weighted by Crippen LogP contribution is 2.26. The van der Waals surface area contributed by atoms with Crippen molar-refractivity contribution in [3.8, 4) is 0 Å². The number of H-pyrrole nitrogens is 1. The molecule has 3 rings (SSSR count). The van der Waals surface area contributed by atoms with Gasteiger partial charge in [0.1, 0.15) is 11.9 Å². The lowest BCUT2D eigenvalue weighted by atomic mass is 9.99. The summed E-state index contributed by atoms with van der Waals surface area (Å²) < 4.78 is 0. The van der Waals surface area contributed by atoms with Crippen molar-refractivity contribution in [1.82, 2.24) is 15.4 Å². The molecule has 1 aromatic heterocycles. The van der Waals surface area contributed by atoms with Crippen LogP contribution in [0.3, 0.4) is 0 Å². The van der Waals surface area contributed by atoms with Crippen molar-refractivity contribution in [2.24, 2.45) is 5.84 Å². The molecule has 0 aliphatic rings. The van der Waals surface area contributed by atoms with Gasteiger partial charge in [-0.25, -0.2) is 10.4 Å². The molecule has 0 saturated carbocycles. The van der Waals surface area contributed by atoms with E-state index >= 15 is 0 Å². The lowest BCUT2D eigenvalue weighted by molar-refractivity contribution is 0.612. The zero-order valence-corrected chi connectivity index (χ0v) is 9.80. The number of hydrazine groups is 1. The number of rotatable bonds is 3. The average molecular weight is 238 g/mol. The first-order chi connectivity index (χ1) is 8.90. The second kappa shape index (κ2) is 4.60. The molecule has 0 aliphatic carbocycles. The fraction of sp³-hybridized carbons (Fsp3) is 0.0714. The molecular formula is C14H14N4. The molecule has 0 bridgehead atoms. The van der Waals surface area contributed by atoms with Crippen molar-refractivity contribution < 1.29 is 0 Å². The van der Waals surface area contributed by atoms with Crippen LogP contribution in [0, 0.1) is 0 Å². The molecule has 0 aliphatic heterocycles. The van der Waals surface area contributed by atoms with Gasteiger partial charge in [-0.3, -0.25) is 5.84 Å². The summed E-state index contributed by atoms with van der Waals surface area (Å²) in [5.41, 5.74) is 3.94. The van der Waals surface area contributed by atoms with Gasteiger partial charge in [-0.2, -0.15) is 0 Å². The van der Waals surface area contributed by atoms with Crippen molar-refractivity contribution in [1.29, 1.82) is 0 Å². The number of aromatic nitrogens is 2. The van der Waals surface area contributed by atoms with E-state index in [4.69, 9.17) is 5.84 Å². The van der Waals surface area contributed by atoms with Crippen LogP contribution in [-0.4, -0.2) is 9.97 Å². The largest absolute Gasteiger partial charge is 0.347 e. The number of imidazole rings is 1. The van der Waals surface area contributed by atoms with Crippen LogP contribution in [0.5, 0.6) is 0 Å². The topological polar surface area (TPSA) is 66.7 Å². The predicted molar refractivity (Wildman–Crippen MR) is 71.7 cm³/mol. The summed E-state index contributed by atoms with van der Waals surface area (Å²) in [4.78, 5) is 7.37. The minimum Gasteiger partial charge on any atom is -0.347 e. The van der Waals surface area contributed by atoms with E-state index in [1.807, 2.05) is 18.2 Å². The maximum Gasteiger partial charge on any atom is 0.129 e. The molecule has 1 atom stereocenters. The van der Waals surface area contributed by atoms with Gasteiger partial charge in [-0.15, -0.1) is 0 Å². The molecule has 0 radical (unpaired) electrons. The van der Waals surface area contributed by atoms with Crippen LogP contribution in [0.15, 0.2) is 54.9 Å². The number of fused-ring (bicyclic) bond motifs is 1. The number of hydrogen-bond donors (Lipinski definition) is 3. The Bertz CT molecular complexity index is 640. The molecule has 18 heavy (non-hydrogen) atoms. The van der Waals surface area contributed by atoms with E-state index < -0.39 is 0 Å². The van der Waals surface area contributed by atoms with E-state index in [0.29, 0.717) is 0 Å². The molecule has 3 aromatic rings. The van der Waals surface area contributed by atoms with Gasteiger partial charge >= 0.3 is 0 Å². The molecule has 0 amide bonds. The van der Waals surface area contributed by atoms with Crippen LogP contribution in [0.25, 0.3) is 10.8 Å². The maximum atomic E-state index is 5.68. The van der Waals surface area contributed by atoms with Crippen LogP contribution in [0.2, 0.25) is 0 Å². The summed E-state index contributed by atoms with van der Waals surface area (Å²) in [6.45, 7) is 0. The number of hydrogen-bond acceptors (Lipinski definition) is 3. The van der Waals surface area contributed by atoms with Crippen LogP contribution >= 0.6 is 0 Å². The number of nitrogens with two attached hydrogens (primary N) is 1. The van der Waals surface area contributed by atoms with Crippen molar-refractivity contribution in [2.45, 2.75) is 6.04 Å². The molecule has 4 N–H and O–H groups in total. The van der Waals surface area contributed by atoms with Gasteiger partial charge in [0.05, 0.1) is 0 Å². The number of benzene rings is 2. The molecule has 0 spiro atoms. The quantitative estimate of drug-likeness (QED) is 0.483. The van der Waals surface area contributed by atoms with Crippen LogP contribution in [0.1, 0.15) is 17.4 Å². The van der Waals surface area contributed by atoms with Crippen LogP contribution in [0.4, 0.5) is 0 Å². The van der Waals surface area contributed by atoms with Gasteiger partial charge in [-0.1, -0.05) is 42.5 Å². The molecular weight excluding hydrogens is 224 g/mol. The Hall–Kier alpha value is -2.17. The third kappa shape index (κ3) is 1.77. The van der Waals surface area contributed by atoms with Crippen LogP contribution < -0.4 is 11.3 Å². The van der Waals surface area contributed by atoms with Gasteiger partial charge in [0.2, 0.25) is 0 Å². The second-order valence-electron chi connectivity index (χ2n) is 4.14. The van der Waals surface area contributed by atoms with E-state index in [1.165, 1.54) is 10.8 Å². The zero-order chi connectivity index (χ0) is 12.4. The second-order valence-corrected chi connectivity index (χ2v) is 4.14. The Kier molecular flexibility index (Phi) is 2.80. The number of aromatic amines is 1. The minimum atomic E-state index is -0.133. The third-order valence-electron chi connectivity index (χ3n) is 3.09. The van der Waals surface area contributed by atoms with E-state index in [2.05, 4.69) is 39.7 Å². The fourth-order valence-corrected chi connectivity index (χ4v) is 2.25. The van der Waals surface area contributed by atoms with Crippen LogP contribution in [-0.2, 0) is 0 Å². The standard InChI is InChI=1S/C14H14N4/c15-18-13(14-16-8-9-17-14)12-7-3-5-10-4-1-2-6-11(10)12/h1-9,13,18H,15H2,(H,16,17). The third-order valence-corrected chi connectivity index (χ3v) is 3.09. The number of nitrogens with zero attached hydrogens (tertiary/aromatic N) is 1. The average Bonchev–Trinajstić information content (AvgIpc) is 2.94. The molecule has 2 aromatic carbocycles.